The molecule has 21 heavy (non-hydrogen) atoms. The molecule has 10 heteroatoms. The summed E-state index contributed by atoms with van der Waals surface area (Å²) < 4.78 is 4.63. The summed E-state index contributed by atoms with van der Waals surface area (Å²) in [6.07, 6.45) is 1.12. The Kier molecular flexibility index (Phi) is 21.4. The second-order valence-electron chi connectivity index (χ2n) is 3.08. The molecule has 0 aliphatic carbocycles. The molecule has 0 amide bonds. The summed E-state index contributed by atoms with van der Waals surface area (Å²) in [6, 6.07) is 0. The molecule has 9 nitrogen and oxygen atoms in total. The van der Waals surface area contributed by atoms with E-state index >= 15 is 0 Å². The number of hydrogen-bond donors (Lipinski definition) is 6. The van der Waals surface area contributed by atoms with Crippen molar-refractivity contribution in [2.75, 3.05) is 26.4 Å². The predicted octanol–water partition coefficient (Wildman–Crippen LogP) is -0.911. The number of aliphatic carboxylic acids is 3. The molecule has 0 spiro atoms. The van der Waals surface area contributed by atoms with Gasteiger partial charge in [-0.3, -0.25) is 4.79 Å². The zero-order valence-corrected chi connectivity index (χ0v) is 12.3. The highest BCUT2D eigenvalue weighted by molar-refractivity contribution is 7.81. The molecule has 0 bridgehead atoms. The Morgan fingerprint density at radius 2 is 1.29 bits per heavy atom. The first kappa shape index (κ1) is 24.4. The Morgan fingerprint density at radius 3 is 1.43 bits per heavy atom. The van der Waals surface area contributed by atoms with Gasteiger partial charge in [-0.15, -0.1) is 0 Å². The normalized spacial score (nSPS) is 10.7. The van der Waals surface area contributed by atoms with E-state index in [0.29, 0.717) is 25.4 Å². The fourth-order valence-corrected chi connectivity index (χ4v) is 0.374. The van der Waals surface area contributed by atoms with Crippen LogP contribution in [0.3, 0.4) is 0 Å². The van der Waals surface area contributed by atoms with Crippen LogP contribution in [-0.4, -0.2) is 75.1 Å². The third kappa shape index (κ3) is 38.1. The van der Waals surface area contributed by atoms with Gasteiger partial charge in [-0.1, -0.05) is 0 Å². The second kappa shape index (κ2) is 18.4. The van der Waals surface area contributed by atoms with Crippen molar-refractivity contribution < 1.29 is 44.7 Å². The summed E-state index contributed by atoms with van der Waals surface area (Å²) in [5.41, 5.74) is 0. The maximum Gasteiger partial charge on any atom is 0.328 e. The molecule has 0 aromatic heterocycles. The summed E-state index contributed by atoms with van der Waals surface area (Å²) in [5.74, 6) is -3.39. The average molecular weight is 328 g/mol. The van der Waals surface area contributed by atoms with E-state index in [9.17, 15) is 14.4 Å². The lowest BCUT2D eigenvalue weighted by Gasteiger charge is -1.94. The van der Waals surface area contributed by atoms with Crippen LogP contribution in [0.2, 0.25) is 0 Å². The summed E-state index contributed by atoms with van der Waals surface area (Å²) in [6.45, 7) is 2.20. The minimum Gasteiger partial charge on any atom is -0.480 e. The first-order valence-electron chi connectivity index (χ1n) is 5.53. The molecule has 0 radical (unpaired) electrons. The lowest BCUT2D eigenvalue weighted by atomic mass is 10.5. The largest absolute Gasteiger partial charge is 0.480 e. The van der Waals surface area contributed by atoms with E-state index in [2.05, 4.69) is 17.4 Å². The van der Waals surface area contributed by atoms with Gasteiger partial charge in [0.1, 0.15) is 0 Å². The van der Waals surface area contributed by atoms with Gasteiger partial charge >= 0.3 is 17.9 Å². The molecule has 0 aliphatic heterocycles. The van der Waals surface area contributed by atoms with Crippen molar-refractivity contribution in [2.24, 2.45) is 0 Å². The van der Waals surface area contributed by atoms with Crippen molar-refractivity contribution in [1.82, 2.24) is 0 Å². The number of aliphatic hydroxyl groups excluding tert-OH is 2. The van der Waals surface area contributed by atoms with Crippen LogP contribution in [0.15, 0.2) is 12.2 Å². The molecular formula is C11H20O9S. The van der Waals surface area contributed by atoms with Crippen LogP contribution in [-0.2, 0) is 19.1 Å². The van der Waals surface area contributed by atoms with E-state index in [1.54, 1.807) is 0 Å². The van der Waals surface area contributed by atoms with Crippen LogP contribution in [0.4, 0.5) is 0 Å². The quantitative estimate of drug-likeness (QED) is 0.197. The van der Waals surface area contributed by atoms with Gasteiger partial charge in [-0.05, 0) is 6.92 Å². The lowest BCUT2D eigenvalue weighted by molar-refractivity contribution is -0.136. The van der Waals surface area contributed by atoms with Gasteiger partial charge in [-0.25, -0.2) is 9.59 Å². The maximum absolute atomic E-state index is 9.62. The minimum atomic E-state index is -1.26. The Bertz CT molecular complexity index is 295. The summed E-state index contributed by atoms with van der Waals surface area (Å²) in [4.78, 5) is 28.7. The van der Waals surface area contributed by atoms with Gasteiger partial charge in [-0.2, -0.15) is 12.6 Å². The van der Waals surface area contributed by atoms with E-state index in [1.807, 2.05) is 0 Å². The Hall–Kier alpha value is -1.62. The zero-order valence-electron chi connectivity index (χ0n) is 11.4. The van der Waals surface area contributed by atoms with Crippen LogP contribution < -0.4 is 0 Å². The topological polar surface area (TPSA) is 162 Å². The number of carbonyl (C=O) groups is 3. The van der Waals surface area contributed by atoms with Crippen molar-refractivity contribution in [3.05, 3.63) is 12.2 Å². The van der Waals surface area contributed by atoms with E-state index < -0.39 is 23.2 Å². The molecule has 124 valence electrons. The molecule has 0 saturated heterocycles. The molecule has 0 aliphatic rings. The number of hydrogen-bond acceptors (Lipinski definition) is 7. The second-order valence-corrected chi connectivity index (χ2v) is 3.86. The number of thiol groups is 1. The monoisotopic (exact) mass is 328 g/mol. The van der Waals surface area contributed by atoms with Gasteiger partial charge < -0.3 is 30.3 Å². The molecule has 0 rings (SSSR count). The Balaban J connectivity index is -0.000000234. The molecule has 0 saturated carbocycles. The third-order valence-electron chi connectivity index (χ3n) is 1.20. The smallest absolute Gasteiger partial charge is 0.328 e. The summed E-state index contributed by atoms with van der Waals surface area (Å²) >= 11 is 3.59. The summed E-state index contributed by atoms with van der Waals surface area (Å²) in [5, 5.41) is 39.2. The number of ether oxygens (including phenoxy) is 1. The van der Waals surface area contributed by atoms with Gasteiger partial charge in [0.05, 0.1) is 31.7 Å². The number of aliphatic hydroxyl groups is 2. The van der Waals surface area contributed by atoms with E-state index in [1.165, 1.54) is 6.92 Å². The van der Waals surface area contributed by atoms with Crippen molar-refractivity contribution in [2.45, 2.75) is 12.2 Å². The van der Waals surface area contributed by atoms with Gasteiger partial charge in [0.15, 0.2) is 0 Å². The average Bonchev–Trinajstić information content (AvgIpc) is 2.38. The molecule has 5 N–H and O–H groups in total. The van der Waals surface area contributed by atoms with E-state index in [4.69, 9.17) is 25.5 Å². The van der Waals surface area contributed by atoms with Crippen LogP contribution in [0.1, 0.15) is 6.92 Å². The van der Waals surface area contributed by atoms with E-state index in [0.717, 1.165) is 0 Å². The lowest BCUT2D eigenvalue weighted by Crippen LogP contribution is -2.06. The maximum atomic E-state index is 9.62. The Morgan fingerprint density at radius 1 is 1.00 bits per heavy atom. The van der Waals surface area contributed by atoms with Crippen molar-refractivity contribution >= 4 is 30.5 Å². The fraction of sp³-hybridized carbons (Fsp3) is 0.545. The standard InChI is InChI=1S/C4H4O4.C4H10O3.C3H6O2S/c5-3(6)1-2-4(7)8;5-1-3-7-4-2-6;1-2(6)3(4)5/h1-2H,(H,5,6)(H,7,8);5-6H,1-4H2;2,6H,1H3,(H,4,5)/b2-1-;;. The van der Waals surface area contributed by atoms with Crippen LogP contribution in [0, 0.1) is 0 Å². The van der Waals surface area contributed by atoms with Crippen LogP contribution in [0.5, 0.6) is 0 Å². The van der Waals surface area contributed by atoms with Gasteiger partial charge in [0.2, 0.25) is 0 Å². The van der Waals surface area contributed by atoms with Crippen molar-refractivity contribution in [3.63, 3.8) is 0 Å². The highest BCUT2D eigenvalue weighted by Crippen LogP contribution is 1.88. The first-order valence-corrected chi connectivity index (χ1v) is 6.04. The zero-order chi connectivity index (χ0) is 17.3. The molecule has 0 heterocycles. The first-order chi connectivity index (χ1) is 9.68. The molecule has 1 atom stereocenters. The molecule has 0 aromatic rings. The van der Waals surface area contributed by atoms with Gasteiger partial charge in [0.25, 0.3) is 0 Å². The van der Waals surface area contributed by atoms with Crippen molar-refractivity contribution in [3.8, 4) is 0 Å². The molecule has 1 unspecified atom stereocenters. The minimum absolute atomic E-state index is 0.0278. The third-order valence-corrected chi connectivity index (χ3v) is 1.42. The SMILES string of the molecule is CC(S)C(=O)O.O=C(O)/C=C\C(=O)O.OCCOCCO. The highest BCUT2D eigenvalue weighted by atomic mass is 32.1. The van der Waals surface area contributed by atoms with Gasteiger partial charge in [0, 0.05) is 12.2 Å². The fourth-order valence-electron chi connectivity index (χ4n) is 0.374. The van der Waals surface area contributed by atoms with Crippen LogP contribution in [0.25, 0.3) is 0 Å². The number of carboxylic acid groups (broad SMARTS) is 3. The Labute approximate surface area is 126 Å². The van der Waals surface area contributed by atoms with Crippen LogP contribution >= 0.6 is 12.6 Å². The molecule has 0 fully saturated rings. The van der Waals surface area contributed by atoms with Crippen molar-refractivity contribution in [1.29, 1.82) is 0 Å². The van der Waals surface area contributed by atoms with E-state index in [-0.39, 0.29) is 13.2 Å². The number of rotatable bonds is 7. The molecule has 0 aromatic carbocycles. The predicted molar refractivity (Wildman–Crippen MR) is 75.5 cm³/mol. The summed E-state index contributed by atoms with van der Waals surface area (Å²) in [7, 11) is 0. The number of carboxylic acids is 3. The highest BCUT2D eigenvalue weighted by Gasteiger charge is 2.00. The molecular weight excluding hydrogens is 308 g/mol.